The molecule has 5 nitrogen and oxygen atoms in total. The fraction of sp³-hybridized carbons (Fsp3) is 0.364. The lowest BCUT2D eigenvalue weighted by Crippen LogP contribution is -2.39. The molecule has 3 aromatic rings. The van der Waals surface area contributed by atoms with Gasteiger partial charge in [-0.25, -0.2) is 13.8 Å². The Morgan fingerprint density at radius 3 is 2.74 bits per heavy atom. The number of morpholine rings is 1. The van der Waals surface area contributed by atoms with Gasteiger partial charge in [0.2, 0.25) is 5.91 Å². The van der Waals surface area contributed by atoms with E-state index in [1.165, 1.54) is 17.8 Å². The number of thiazole rings is 1. The van der Waals surface area contributed by atoms with Gasteiger partial charge in [-0.1, -0.05) is 29.5 Å². The van der Waals surface area contributed by atoms with Crippen LogP contribution in [0.2, 0.25) is 0 Å². The zero-order valence-electron chi connectivity index (χ0n) is 16.9. The van der Waals surface area contributed by atoms with Crippen LogP contribution < -0.4 is 4.90 Å². The molecule has 1 aliphatic heterocycles. The highest BCUT2D eigenvalue weighted by Gasteiger charge is 2.22. The molecular weight excluding hydrogens is 440 g/mol. The second-order valence-corrected chi connectivity index (χ2v) is 9.24. The molecule has 0 bridgehead atoms. The number of thioether (sulfide) groups is 1. The standard InChI is InChI=1S/C22H23F2N3O2S2/c23-16-13-18(24)21-19(14-16)31-22(25-21)27(8-4-7-26-9-11-29-12-10-26)20(28)15-30-17-5-2-1-3-6-17/h1-3,5-6,13-14H,4,7-12,15H2. The van der Waals surface area contributed by atoms with Crippen molar-refractivity contribution in [3.63, 3.8) is 0 Å². The number of nitrogens with zero attached hydrogens (tertiary/aromatic N) is 3. The molecule has 1 fully saturated rings. The van der Waals surface area contributed by atoms with Crippen LogP contribution in [0.15, 0.2) is 47.4 Å². The van der Waals surface area contributed by atoms with Gasteiger partial charge in [0, 0.05) is 37.1 Å². The topological polar surface area (TPSA) is 45.7 Å². The number of hydrogen-bond acceptors (Lipinski definition) is 6. The fourth-order valence-electron chi connectivity index (χ4n) is 3.40. The van der Waals surface area contributed by atoms with Gasteiger partial charge in [0.25, 0.3) is 0 Å². The van der Waals surface area contributed by atoms with Crippen molar-refractivity contribution < 1.29 is 18.3 Å². The maximum Gasteiger partial charge on any atom is 0.239 e. The van der Waals surface area contributed by atoms with E-state index >= 15 is 0 Å². The number of aromatic nitrogens is 1. The first-order valence-electron chi connectivity index (χ1n) is 10.1. The molecule has 0 saturated carbocycles. The fourth-order valence-corrected chi connectivity index (χ4v) is 5.25. The summed E-state index contributed by atoms with van der Waals surface area (Å²) < 4.78 is 33.6. The van der Waals surface area contributed by atoms with Crippen LogP contribution in [0.3, 0.4) is 0 Å². The Morgan fingerprint density at radius 1 is 1.19 bits per heavy atom. The molecule has 0 N–H and O–H groups in total. The summed E-state index contributed by atoms with van der Waals surface area (Å²) >= 11 is 2.59. The minimum atomic E-state index is -0.711. The summed E-state index contributed by atoms with van der Waals surface area (Å²) in [6, 6.07) is 11.8. The average Bonchev–Trinajstić information content (AvgIpc) is 3.20. The Labute approximate surface area is 188 Å². The maximum atomic E-state index is 14.2. The zero-order chi connectivity index (χ0) is 21.6. The third-order valence-corrected chi connectivity index (χ3v) is 7.02. The Balaban J connectivity index is 1.49. The maximum absolute atomic E-state index is 14.2. The van der Waals surface area contributed by atoms with Gasteiger partial charge in [-0.3, -0.25) is 14.6 Å². The first-order valence-corrected chi connectivity index (χ1v) is 11.9. The van der Waals surface area contributed by atoms with Crippen molar-refractivity contribution >= 4 is 44.4 Å². The highest BCUT2D eigenvalue weighted by Crippen LogP contribution is 2.32. The van der Waals surface area contributed by atoms with Crippen molar-refractivity contribution in [3.05, 3.63) is 54.1 Å². The van der Waals surface area contributed by atoms with E-state index < -0.39 is 11.6 Å². The third kappa shape index (κ3) is 5.79. The summed E-state index contributed by atoms with van der Waals surface area (Å²) in [5.41, 5.74) is 0.100. The monoisotopic (exact) mass is 463 g/mol. The van der Waals surface area contributed by atoms with Gasteiger partial charge in [0.05, 0.1) is 23.7 Å². The van der Waals surface area contributed by atoms with Gasteiger partial charge >= 0.3 is 0 Å². The molecule has 1 aromatic heterocycles. The number of amides is 1. The lowest BCUT2D eigenvalue weighted by atomic mass is 10.3. The van der Waals surface area contributed by atoms with Crippen LogP contribution in [0.25, 0.3) is 10.2 Å². The van der Waals surface area contributed by atoms with Crippen LogP contribution in [0.1, 0.15) is 6.42 Å². The van der Waals surface area contributed by atoms with Crippen LogP contribution >= 0.6 is 23.1 Å². The van der Waals surface area contributed by atoms with Crippen LogP contribution in [-0.4, -0.2) is 60.9 Å². The average molecular weight is 464 g/mol. The summed E-state index contributed by atoms with van der Waals surface area (Å²) in [6.45, 7) is 4.51. The number of fused-ring (bicyclic) bond motifs is 1. The molecule has 9 heteroatoms. The Morgan fingerprint density at radius 2 is 1.97 bits per heavy atom. The summed E-state index contributed by atoms with van der Waals surface area (Å²) in [4.78, 5) is 22.3. The number of carbonyl (C=O) groups excluding carboxylic acids is 1. The number of benzene rings is 2. The van der Waals surface area contributed by atoms with Crippen LogP contribution in [0.5, 0.6) is 0 Å². The van der Waals surface area contributed by atoms with Gasteiger partial charge in [-0.05, 0) is 24.6 Å². The second kappa shape index (κ2) is 10.5. The van der Waals surface area contributed by atoms with Crippen LogP contribution in [0.4, 0.5) is 13.9 Å². The Bertz CT molecular complexity index is 1030. The van der Waals surface area contributed by atoms with Gasteiger partial charge in [-0.2, -0.15) is 0 Å². The highest BCUT2D eigenvalue weighted by molar-refractivity contribution is 8.00. The number of ether oxygens (including phenoxy) is 1. The molecule has 0 atom stereocenters. The van der Waals surface area contributed by atoms with E-state index in [4.69, 9.17) is 4.74 Å². The van der Waals surface area contributed by atoms with E-state index in [1.807, 2.05) is 30.3 Å². The van der Waals surface area contributed by atoms with Crippen molar-refractivity contribution in [2.45, 2.75) is 11.3 Å². The van der Waals surface area contributed by atoms with E-state index in [0.717, 1.165) is 61.6 Å². The summed E-state index contributed by atoms with van der Waals surface area (Å²) in [7, 11) is 0. The number of carbonyl (C=O) groups is 1. The zero-order valence-corrected chi connectivity index (χ0v) is 18.6. The number of halogens is 2. The molecule has 4 rings (SSSR count). The van der Waals surface area contributed by atoms with E-state index in [2.05, 4.69) is 9.88 Å². The molecule has 2 heterocycles. The van der Waals surface area contributed by atoms with E-state index in [-0.39, 0.29) is 17.2 Å². The van der Waals surface area contributed by atoms with Crippen LogP contribution in [-0.2, 0) is 9.53 Å². The number of hydrogen-bond donors (Lipinski definition) is 0. The second-order valence-electron chi connectivity index (χ2n) is 7.19. The van der Waals surface area contributed by atoms with Crippen LogP contribution in [0, 0.1) is 11.6 Å². The molecule has 1 amide bonds. The highest BCUT2D eigenvalue weighted by atomic mass is 32.2. The number of anilines is 1. The first-order chi connectivity index (χ1) is 15.1. The molecular formula is C22H23F2N3O2S2. The van der Waals surface area contributed by atoms with Gasteiger partial charge in [0.1, 0.15) is 11.3 Å². The summed E-state index contributed by atoms with van der Waals surface area (Å²) in [6.07, 6.45) is 0.758. The third-order valence-electron chi connectivity index (χ3n) is 5.00. The lowest BCUT2D eigenvalue weighted by molar-refractivity contribution is -0.116. The largest absolute Gasteiger partial charge is 0.379 e. The molecule has 1 saturated heterocycles. The van der Waals surface area contributed by atoms with Crippen molar-refractivity contribution in [1.29, 1.82) is 0 Å². The Kier molecular flexibility index (Phi) is 7.49. The minimum absolute atomic E-state index is 0.100. The van der Waals surface area contributed by atoms with Gasteiger partial charge in [-0.15, -0.1) is 11.8 Å². The van der Waals surface area contributed by atoms with E-state index in [0.29, 0.717) is 16.4 Å². The quantitative estimate of drug-likeness (QED) is 0.463. The summed E-state index contributed by atoms with van der Waals surface area (Å²) in [5.74, 6) is -1.22. The normalized spacial score (nSPS) is 14.8. The predicted molar refractivity (Wildman–Crippen MR) is 121 cm³/mol. The smallest absolute Gasteiger partial charge is 0.239 e. The Hall–Kier alpha value is -2.07. The number of rotatable bonds is 8. The molecule has 0 unspecified atom stereocenters. The van der Waals surface area contributed by atoms with Gasteiger partial charge < -0.3 is 4.74 Å². The molecule has 0 radical (unpaired) electrons. The van der Waals surface area contributed by atoms with E-state index in [9.17, 15) is 13.6 Å². The minimum Gasteiger partial charge on any atom is -0.379 e. The molecule has 2 aromatic carbocycles. The predicted octanol–water partition coefficient (Wildman–Crippen LogP) is 4.42. The summed E-state index contributed by atoms with van der Waals surface area (Å²) in [5, 5.41) is 0.403. The molecule has 31 heavy (non-hydrogen) atoms. The molecule has 1 aliphatic rings. The van der Waals surface area contributed by atoms with Crippen molar-refractivity contribution in [1.82, 2.24) is 9.88 Å². The van der Waals surface area contributed by atoms with Crippen molar-refractivity contribution in [2.75, 3.05) is 50.0 Å². The molecule has 0 spiro atoms. The lowest BCUT2D eigenvalue weighted by Gasteiger charge is -2.27. The first kappa shape index (κ1) is 22.1. The van der Waals surface area contributed by atoms with Crippen molar-refractivity contribution in [3.8, 4) is 0 Å². The van der Waals surface area contributed by atoms with Gasteiger partial charge in [0.15, 0.2) is 10.9 Å². The molecule has 0 aliphatic carbocycles. The van der Waals surface area contributed by atoms with E-state index in [1.54, 1.807) is 4.90 Å². The molecule has 164 valence electrons. The van der Waals surface area contributed by atoms with Crippen molar-refractivity contribution in [2.24, 2.45) is 0 Å². The SMILES string of the molecule is O=C(CSc1ccccc1)N(CCCN1CCOCC1)c1nc2c(F)cc(F)cc2s1.